The van der Waals surface area contributed by atoms with E-state index in [1.54, 1.807) is 0 Å². The minimum Gasteiger partial charge on any atom is -0.383 e. The first kappa shape index (κ1) is 18.9. The van der Waals surface area contributed by atoms with Gasteiger partial charge in [0.25, 0.3) is 5.91 Å². The fourth-order valence-corrected chi connectivity index (χ4v) is 4.23. The molecule has 1 atom stereocenters. The van der Waals surface area contributed by atoms with Gasteiger partial charge in [-0.15, -0.1) is 0 Å². The number of rotatable bonds is 7. The number of aromatic amines is 1. The van der Waals surface area contributed by atoms with Crippen LogP contribution in [-0.4, -0.2) is 38.5 Å². The molecule has 1 fully saturated rings. The summed E-state index contributed by atoms with van der Waals surface area (Å²) in [6.45, 7) is 3.33. The summed E-state index contributed by atoms with van der Waals surface area (Å²) in [5.74, 6) is 1.96. The Labute approximate surface area is 175 Å². The molecule has 0 unspecified atom stereocenters. The van der Waals surface area contributed by atoms with Gasteiger partial charge in [0.1, 0.15) is 11.5 Å². The second kappa shape index (κ2) is 7.97. The monoisotopic (exact) mass is 405 g/mol. The molecule has 30 heavy (non-hydrogen) atoms. The van der Waals surface area contributed by atoms with Crippen molar-refractivity contribution in [2.24, 2.45) is 0 Å². The Kier molecular flexibility index (Phi) is 5.02. The number of hydrogen-bond acceptors (Lipinski definition) is 5. The highest BCUT2D eigenvalue weighted by Gasteiger charge is 2.29. The number of H-pyrrole nitrogens is 1. The zero-order chi connectivity index (χ0) is 20.5. The lowest BCUT2D eigenvalue weighted by atomic mass is 9.97. The number of carbonyl (C=O) groups is 1. The highest BCUT2D eigenvalue weighted by atomic mass is 16.5. The number of imidazole rings is 1. The Balaban J connectivity index is 1.23. The van der Waals surface area contributed by atoms with Gasteiger partial charge in [-0.2, -0.15) is 0 Å². The minimum atomic E-state index is -0.0365. The fourth-order valence-electron chi connectivity index (χ4n) is 4.23. The van der Waals surface area contributed by atoms with Crippen LogP contribution in [0.5, 0.6) is 0 Å². The number of nitrogens with one attached hydrogen (secondary N) is 2. The van der Waals surface area contributed by atoms with Crippen molar-refractivity contribution in [1.29, 1.82) is 0 Å². The van der Waals surface area contributed by atoms with Gasteiger partial charge in [-0.1, -0.05) is 23.4 Å². The number of fused-ring (bicyclic) bond motifs is 1. The molecule has 0 saturated heterocycles. The summed E-state index contributed by atoms with van der Waals surface area (Å²) >= 11 is 0. The number of hydrogen-bond donors (Lipinski definition) is 2. The molecule has 5 rings (SSSR count). The molecule has 0 radical (unpaired) electrons. The zero-order valence-electron chi connectivity index (χ0n) is 17.2. The van der Waals surface area contributed by atoms with E-state index < -0.39 is 0 Å². The maximum Gasteiger partial charge on any atom is 0.289 e. The molecule has 0 bridgehead atoms. The quantitative estimate of drug-likeness (QED) is 0.617. The van der Waals surface area contributed by atoms with E-state index in [4.69, 9.17) is 4.52 Å². The smallest absolute Gasteiger partial charge is 0.289 e. The van der Waals surface area contributed by atoms with Crippen LogP contribution in [0.15, 0.2) is 46.6 Å². The van der Waals surface area contributed by atoms with Crippen LogP contribution in [-0.2, 0) is 6.54 Å². The van der Waals surface area contributed by atoms with Crippen molar-refractivity contribution < 1.29 is 9.32 Å². The Morgan fingerprint density at radius 1 is 1.30 bits per heavy atom. The van der Waals surface area contributed by atoms with Crippen molar-refractivity contribution in [2.45, 2.75) is 57.5 Å². The highest BCUT2D eigenvalue weighted by Crippen LogP contribution is 2.40. The van der Waals surface area contributed by atoms with Crippen molar-refractivity contribution in [3.05, 3.63) is 59.4 Å². The van der Waals surface area contributed by atoms with Gasteiger partial charge < -0.3 is 19.7 Å². The van der Waals surface area contributed by atoms with Crippen LogP contribution in [0.2, 0.25) is 0 Å². The first-order valence-corrected chi connectivity index (χ1v) is 10.9. The Morgan fingerprint density at radius 2 is 2.17 bits per heavy atom. The van der Waals surface area contributed by atoms with Gasteiger partial charge in [-0.3, -0.25) is 4.79 Å². The van der Waals surface area contributed by atoms with Gasteiger partial charge in [-0.25, -0.2) is 4.98 Å². The van der Waals surface area contributed by atoms with Crippen LogP contribution in [0.3, 0.4) is 0 Å². The summed E-state index contributed by atoms with van der Waals surface area (Å²) in [5, 5.41) is 7.68. The molecular formula is C23H27N5O2. The maximum absolute atomic E-state index is 13.2. The van der Waals surface area contributed by atoms with E-state index in [1.165, 1.54) is 12.8 Å². The number of nitrogens with zero attached hydrogens (tertiary/aromatic N) is 3. The normalized spacial score (nSPS) is 19.0. The van der Waals surface area contributed by atoms with Crippen LogP contribution >= 0.6 is 0 Å². The van der Waals surface area contributed by atoms with Gasteiger partial charge >= 0.3 is 0 Å². The summed E-state index contributed by atoms with van der Waals surface area (Å²) in [7, 11) is 0. The molecule has 156 valence electrons. The number of aromatic nitrogens is 3. The highest BCUT2D eigenvalue weighted by molar-refractivity contribution is 5.94. The van der Waals surface area contributed by atoms with Crippen LogP contribution in [0.1, 0.15) is 67.0 Å². The molecule has 1 amide bonds. The molecule has 1 aromatic carbocycles. The van der Waals surface area contributed by atoms with Crippen molar-refractivity contribution in [2.75, 3.05) is 6.54 Å². The van der Waals surface area contributed by atoms with Gasteiger partial charge in [0.15, 0.2) is 5.82 Å². The molecule has 3 aromatic rings. The second-order valence-corrected chi connectivity index (χ2v) is 8.21. The molecule has 2 aliphatic rings. The van der Waals surface area contributed by atoms with Crippen LogP contribution < -0.4 is 5.32 Å². The van der Waals surface area contributed by atoms with E-state index in [0.29, 0.717) is 24.8 Å². The van der Waals surface area contributed by atoms with E-state index in [-0.39, 0.29) is 11.9 Å². The van der Waals surface area contributed by atoms with Crippen molar-refractivity contribution in [1.82, 2.24) is 25.3 Å². The maximum atomic E-state index is 13.2. The van der Waals surface area contributed by atoms with Gasteiger partial charge in [0.2, 0.25) is 0 Å². The third kappa shape index (κ3) is 3.84. The van der Waals surface area contributed by atoms with Crippen LogP contribution in [0, 0.1) is 0 Å². The third-order valence-electron chi connectivity index (χ3n) is 6.03. The van der Waals surface area contributed by atoms with E-state index >= 15 is 0 Å². The number of allylic oxidation sites excluding steroid dienone is 1. The molecule has 2 aliphatic carbocycles. The predicted octanol–water partition coefficient (Wildman–Crippen LogP) is 4.12. The van der Waals surface area contributed by atoms with Crippen molar-refractivity contribution >= 4 is 16.9 Å². The van der Waals surface area contributed by atoms with E-state index in [0.717, 1.165) is 47.4 Å². The summed E-state index contributed by atoms with van der Waals surface area (Å²) < 4.78 is 5.44. The van der Waals surface area contributed by atoms with Gasteiger partial charge in [0.05, 0.1) is 17.6 Å². The lowest BCUT2D eigenvalue weighted by Crippen LogP contribution is -2.42. The van der Waals surface area contributed by atoms with Crippen molar-refractivity contribution in [3.8, 4) is 0 Å². The van der Waals surface area contributed by atoms with Gasteiger partial charge in [0, 0.05) is 36.7 Å². The Bertz CT molecular complexity index is 1050. The fraction of sp³-hybridized carbons (Fsp3) is 0.435. The van der Waals surface area contributed by atoms with E-state index in [2.05, 4.69) is 32.6 Å². The first-order valence-electron chi connectivity index (χ1n) is 10.9. The number of carbonyl (C=O) groups excluding carboxylic acids is 1. The number of para-hydroxylation sites is 2. The van der Waals surface area contributed by atoms with Gasteiger partial charge in [-0.05, 0) is 44.7 Å². The SMILES string of the molecule is CCN(C(=O)c1nc2ccccc2[nH]1)[C@H]1CCC=C(NCc2cc(C3CC3)on2)C1. The molecule has 2 aromatic heterocycles. The molecule has 0 spiro atoms. The topological polar surface area (TPSA) is 87.0 Å². The second-order valence-electron chi connectivity index (χ2n) is 8.21. The minimum absolute atomic E-state index is 0.0365. The predicted molar refractivity (Wildman–Crippen MR) is 114 cm³/mol. The standard InChI is InChI=1S/C23H27N5O2/c1-2-28(23(29)22-25-19-8-3-4-9-20(19)26-22)18-7-5-6-16(12-18)24-14-17-13-21(30-27-17)15-10-11-15/h3-4,6,8-9,13,15,18,24H,2,5,7,10-12,14H2,1H3,(H,25,26)/t18-/m0/s1. The number of amides is 1. The van der Waals surface area contributed by atoms with Crippen molar-refractivity contribution in [3.63, 3.8) is 0 Å². The lowest BCUT2D eigenvalue weighted by Gasteiger charge is -2.33. The van der Waals surface area contributed by atoms with E-state index in [1.807, 2.05) is 36.1 Å². The van der Waals surface area contributed by atoms with E-state index in [9.17, 15) is 4.79 Å². The molecular weight excluding hydrogens is 378 g/mol. The Morgan fingerprint density at radius 3 is 2.97 bits per heavy atom. The average molecular weight is 406 g/mol. The molecule has 2 N–H and O–H groups in total. The molecule has 7 heteroatoms. The number of benzene rings is 1. The molecule has 0 aliphatic heterocycles. The Hall–Kier alpha value is -3.09. The molecule has 7 nitrogen and oxygen atoms in total. The van der Waals surface area contributed by atoms with Crippen LogP contribution in [0.25, 0.3) is 11.0 Å². The molecule has 2 heterocycles. The lowest BCUT2D eigenvalue weighted by molar-refractivity contribution is 0.0663. The summed E-state index contributed by atoms with van der Waals surface area (Å²) in [4.78, 5) is 22.8. The van der Waals surface area contributed by atoms with Crippen LogP contribution in [0.4, 0.5) is 0 Å². The summed E-state index contributed by atoms with van der Waals surface area (Å²) in [5.41, 5.74) is 3.81. The summed E-state index contributed by atoms with van der Waals surface area (Å²) in [6.07, 6.45) is 7.37. The first-order chi connectivity index (χ1) is 14.7. The molecule has 1 saturated carbocycles. The average Bonchev–Trinajstić information content (AvgIpc) is 3.35. The largest absolute Gasteiger partial charge is 0.383 e. The summed E-state index contributed by atoms with van der Waals surface area (Å²) in [6, 6.07) is 9.96. The third-order valence-corrected chi connectivity index (χ3v) is 6.03. The zero-order valence-corrected chi connectivity index (χ0v) is 17.2.